The molecular weight excluding hydrogens is 335 g/mol. The summed E-state index contributed by atoms with van der Waals surface area (Å²) in [6.07, 6.45) is 4.11. The normalized spacial score (nSPS) is 10.7. The first-order chi connectivity index (χ1) is 8.08. The molecule has 0 aliphatic rings. The zero-order valence-electron chi connectivity index (χ0n) is 9.17. The van der Waals surface area contributed by atoms with E-state index in [2.05, 4.69) is 32.8 Å². The minimum atomic E-state index is -0.911. The fraction of sp³-hybridized carbons (Fsp3) is 0.300. The summed E-state index contributed by atoms with van der Waals surface area (Å²) < 4.78 is 4.46. The van der Waals surface area contributed by atoms with E-state index in [-0.39, 0.29) is 0 Å². The molecule has 2 aromatic heterocycles. The number of carboxylic acid groups (broad SMARTS) is 1. The zero-order valence-corrected chi connectivity index (χ0v) is 11.3. The van der Waals surface area contributed by atoms with Gasteiger partial charge in [0.1, 0.15) is 17.8 Å². The molecule has 0 amide bonds. The van der Waals surface area contributed by atoms with E-state index in [1.807, 2.05) is 17.8 Å². The highest BCUT2D eigenvalue weighted by Crippen LogP contribution is 2.12. The van der Waals surface area contributed by atoms with Gasteiger partial charge < -0.3 is 14.2 Å². The topological polar surface area (TPSA) is 72.9 Å². The van der Waals surface area contributed by atoms with Gasteiger partial charge in [0.15, 0.2) is 0 Å². The number of carboxylic acids is 1. The van der Waals surface area contributed by atoms with E-state index in [0.717, 1.165) is 9.39 Å². The van der Waals surface area contributed by atoms with E-state index in [4.69, 9.17) is 5.11 Å². The lowest BCUT2D eigenvalue weighted by Crippen LogP contribution is -2.11. The van der Waals surface area contributed by atoms with Gasteiger partial charge in [-0.3, -0.25) is 0 Å². The first-order valence-electron chi connectivity index (χ1n) is 5.00. The molecule has 0 spiro atoms. The number of hydrogen-bond donors (Lipinski definition) is 1. The maximum atomic E-state index is 11.0. The highest BCUT2D eigenvalue weighted by Gasteiger charge is 2.12. The van der Waals surface area contributed by atoms with Gasteiger partial charge in [0.2, 0.25) is 0 Å². The number of aromatic carboxylic acids is 1. The molecule has 0 atom stereocenters. The molecule has 2 rings (SSSR count). The van der Waals surface area contributed by atoms with Crippen LogP contribution in [0.1, 0.15) is 16.3 Å². The second-order valence-electron chi connectivity index (χ2n) is 3.65. The monoisotopic (exact) mass is 346 g/mol. The molecule has 0 saturated heterocycles. The predicted octanol–water partition coefficient (Wildman–Crippen LogP) is 1.16. The second kappa shape index (κ2) is 4.86. The van der Waals surface area contributed by atoms with Crippen LogP contribution in [-0.4, -0.2) is 30.4 Å². The molecule has 90 valence electrons. The minimum absolute atomic E-state index is 0.302. The van der Waals surface area contributed by atoms with Crippen LogP contribution in [-0.2, 0) is 20.0 Å². The van der Waals surface area contributed by atoms with Gasteiger partial charge in [-0.15, -0.1) is 10.2 Å². The van der Waals surface area contributed by atoms with Gasteiger partial charge in [0.05, 0.1) is 0 Å². The molecule has 0 fully saturated rings. The summed E-state index contributed by atoms with van der Waals surface area (Å²) in [7, 11) is 1.87. The summed E-state index contributed by atoms with van der Waals surface area (Å²) in [5.74, 6) is -0.0732. The average Bonchev–Trinajstić information content (AvgIpc) is 2.82. The first kappa shape index (κ1) is 12.1. The van der Waals surface area contributed by atoms with Gasteiger partial charge >= 0.3 is 5.97 Å². The fourth-order valence-corrected chi connectivity index (χ4v) is 2.22. The number of rotatable bonds is 4. The quantitative estimate of drug-likeness (QED) is 0.844. The molecule has 0 unspecified atom stereocenters. The summed E-state index contributed by atoms with van der Waals surface area (Å²) >= 11 is 2.10. The van der Waals surface area contributed by atoms with Crippen molar-refractivity contribution < 1.29 is 9.90 Å². The lowest BCUT2D eigenvalue weighted by molar-refractivity contribution is 0.0685. The Kier molecular flexibility index (Phi) is 3.46. The second-order valence-corrected chi connectivity index (χ2v) is 4.90. The van der Waals surface area contributed by atoms with Gasteiger partial charge in [-0.2, -0.15) is 0 Å². The van der Waals surface area contributed by atoms with Crippen molar-refractivity contribution in [1.82, 2.24) is 19.3 Å². The maximum Gasteiger partial charge on any atom is 0.352 e. The summed E-state index contributed by atoms with van der Waals surface area (Å²) in [5.41, 5.74) is 0.302. The van der Waals surface area contributed by atoms with Crippen molar-refractivity contribution in [2.45, 2.75) is 13.0 Å². The number of aryl methyl sites for hydroxylation is 3. The summed E-state index contributed by atoms with van der Waals surface area (Å²) in [6.45, 7) is 0.581. The van der Waals surface area contributed by atoms with Crippen molar-refractivity contribution in [2.24, 2.45) is 7.05 Å². The van der Waals surface area contributed by atoms with Gasteiger partial charge in [0.25, 0.3) is 0 Å². The van der Waals surface area contributed by atoms with Crippen LogP contribution in [0, 0.1) is 3.57 Å². The molecule has 2 heterocycles. The summed E-state index contributed by atoms with van der Waals surface area (Å²) in [6, 6.07) is 1.65. The van der Waals surface area contributed by atoms with E-state index in [9.17, 15) is 4.79 Å². The van der Waals surface area contributed by atoms with Gasteiger partial charge in [-0.25, -0.2) is 4.79 Å². The molecule has 0 bridgehead atoms. The van der Waals surface area contributed by atoms with Crippen LogP contribution in [0.25, 0.3) is 0 Å². The van der Waals surface area contributed by atoms with Crippen LogP contribution < -0.4 is 0 Å². The van der Waals surface area contributed by atoms with Crippen molar-refractivity contribution in [1.29, 1.82) is 0 Å². The highest BCUT2D eigenvalue weighted by molar-refractivity contribution is 14.1. The van der Waals surface area contributed by atoms with Crippen LogP contribution in [0.2, 0.25) is 0 Å². The Labute approximate surface area is 111 Å². The van der Waals surface area contributed by atoms with E-state index in [1.165, 1.54) is 0 Å². The van der Waals surface area contributed by atoms with Crippen molar-refractivity contribution in [2.75, 3.05) is 0 Å². The Hall–Kier alpha value is -1.38. The van der Waals surface area contributed by atoms with Crippen LogP contribution in [0.3, 0.4) is 0 Å². The van der Waals surface area contributed by atoms with Crippen LogP contribution >= 0.6 is 22.6 Å². The van der Waals surface area contributed by atoms with E-state index >= 15 is 0 Å². The minimum Gasteiger partial charge on any atom is -0.477 e. The van der Waals surface area contributed by atoms with Gasteiger partial charge in [0, 0.05) is 29.8 Å². The Morgan fingerprint density at radius 1 is 1.59 bits per heavy atom. The SMILES string of the molecule is Cn1cnnc1CCn1cc(I)cc1C(=O)O. The van der Waals surface area contributed by atoms with Crippen molar-refractivity contribution in [3.05, 3.63) is 33.7 Å². The summed E-state index contributed by atoms with van der Waals surface area (Å²) in [4.78, 5) is 11.0. The molecule has 2 aromatic rings. The first-order valence-corrected chi connectivity index (χ1v) is 6.07. The summed E-state index contributed by atoms with van der Waals surface area (Å²) in [5, 5.41) is 16.8. The zero-order chi connectivity index (χ0) is 12.4. The largest absolute Gasteiger partial charge is 0.477 e. The van der Waals surface area contributed by atoms with E-state index in [0.29, 0.717) is 18.7 Å². The van der Waals surface area contributed by atoms with Crippen LogP contribution in [0.4, 0.5) is 0 Å². The standard InChI is InChI=1S/C10H11IN4O2/c1-14-6-12-13-9(14)2-3-15-5-7(11)4-8(15)10(16)17/h4-6H,2-3H2,1H3,(H,16,17). The van der Waals surface area contributed by atoms with E-state index < -0.39 is 5.97 Å². The Bertz CT molecular complexity index is 546. The Balaban J connectivity index is 2.14. The molecule has 0 radical (unpaired) electrons. The van der Waals surface area contributed by atoms with Gasteiger partial charge in [-0.1, -0.05) is 0 Å². The molecule has 0 saturated carbocycles. The Morgan fingerprint density at radius 3 is 2.94 bits per heavy atom. The maximum absolute atomic E-state index is 11.0. The average molecular weight is 346 g/mol. The van der Waals surface area contributed by atoms with Crippen molar-refractivity contribution in [3.63, 3.8) is 0 Å². The molecule has 6 nitrogen and oxygen atoms in total. The lowest BCUT2D eigenvalue weighted by Gasteiger charge is -2.05. The van der Waals surface area contributed by atoms with Crippen LogP contribution in [0.5, 0.6) is 0 Å². The molecule has 1 N–H and O–H groups in total. The molecule has 17 heavy (non-hydrogen) atoms. The molecule has 0 aliphatic heterocycles. The number of aromatic nitrogens is 4. The lowest BCUT2D eigenvalue weighted by atomic mass is 10.3. The third-order valence-corrected chi connectivity index (χ3v) is 3.05. The Morgan fingerprint density at radius 2 is 2.35 bits per heavy atom. The third-order valence-electron chi connectivity index (χ3n) is 2.46. The van der Waals surface area contributed by atoms with Crippen molar-refractivity contribution in [3.8, 4) is 0 Å². The number of hydrogen-bond acceptors (Lipinski definition) is 3. The smallest absolute Gasteiger partial charge is 0.352 e. The predicted molar refractivity (Wildman–Crippen MR) is 68.8 cm³/mol. The molecule has 0 aliphatic carbocycles. The number of nitrogens with zero attached hydrogens (tertiary/aromatic N) is 4. The third kappa shape index (κ3) is 2.65. The highest BCUT2D eigenvalue weighted by atomic mass is 127. The van der Waals surface area contributed by atoms with E-state index in [1.54, 1.807) is 17.0 Å². The molecule has 7 heteroatoms. The molecular formula is C10H11IN4O2. The fourth-order valence-electron chi connectivity index (χ4n) is 1.59. The van der Waals surface area contributed by atoms with Crippen molar-refractivity contribution >= 4 is 28.6 Å². The van der Waals surface area contributed by atoms with Crippen LogP contribution in [0.15, 0.2) is 18.6 Å². The molecule has 0 aromatic carbocycles. The van der Waals surface area contributed by atoms with Gasteiger partial charge in [-0.05, 0) is 28.7 Å². The number of halogens is 1. The number of carbonyl (C=O) groups is 1.